The minimum Gasteiger partial charge on any atom is -0.462 e. The summed E-state index contributed by atoms with van der Waals surface area (Å²) in [5.74, 6) is 0.984. The Bertz CT molecular complexity index is 1920. The number of hydrogen-bond acceptors (Lipinski definition) is 15. The van der Waals surface area contributed by atoms with Gasteiger partial charge in [0.05, 0.1) is 26.4 Å². The predicted molar refractivity (Wildman–Crippen MR) is 400 cm³/mol. The summed E-state index contributed by atoms with van der Waals surface area (Å²) in [7, 11) is -9.92. The quantitative estimate of drug-likeness (QED) is 0.0222. The number of ether oxygens (including phenoxy) is 4. The number of phosphoric ester groups is 2. The fourth-order valence-corrected chi connectivity index (χ4v) is 13.6. The van der Waals surface area contributed by atoms with Gasteiger partial charge in [0.1, 0.15) is 19.3 Å². The van der Waals surface area contributed by atoms with Crippen LogP contribution in [0.4, 0.5) is 0 Å². The third kappa shape index (κ3) is 71.1. The van der Waals surface area contributed by atoms with Crippen LogP contribution in [-0.4, -0.2) is 96.7 Å². The average Bonchev–Trinajstić information content (AvgIpc) is 1.31. The molecule has 0 amide bonds. The largest absolute Gasteiger partial charge is 0.472 e. The van der Waals surface area contributed by atoms with Crippen molar-refractivity contribution in [2.45, 2.75) is 420 Å². The molecular formula is C79H154O17P2. The Morgan fingerprint density at radius 1 is 0.286 bits per heavy atom. The Hall–Kier alpha value is -1.94. The summed E-state index contributed by atoms with van der Waals surface area (Å²) in [6, 6.07) is 0. The highest BCUT2D eigenvalue weighted by Gasteiger charge is 2.30. The first-order chi connectivity index (χ1) is 47.1. The average molecular weight is 1440 g/mol. The van der Waals surface area contributed by atoms with Crippen molar-refractivity contribution in [3.05, 3.63) is 0 Å². The number of rotatable bonds is 76. The molecule has 98 heavy (non-hydrogen) atoms. The van der Waals surface area contributed by atoms with Gasteiger partial charge >= 0.3 is 39.5 Å². The zero-order valence-corrected chi connectivity index (χ0v) is 66.2. The molecule has 0 saturated heterocycles. The molecule has 3 N–H and O–H groups in total. The summed E-state index contributed by atoms with van der Waals surface area (Å²) < 4.78 is 68.6. The van der Waals surface area contributed by atoms with E-state index in [4.69, 9.17) is 37.0 Å². The lowest BCUT2D eigenvalue weighted by Crippen LogP contribution is -2.30. The molecule has 0 saturated carbocycles. The highest BCUT2D eigenvalue weighted by atomic mass is 31.2. The topological polar surface area (TPSA) is 237 Å². The van der Waals surface area contributed by atoms with Crippen LogP contribution in [0.1, 0.15) is 402 Å². The lowest BCUT2D eigenvalue weighted by Gasteiger charge is -2.21. The zero-order chi connectivity index (χ0) is 72.4. The summed E-state index contributed by atoms with van der Waals surface area (Å²) in [6.45, 7) is 14.2. The Balaban J connectivity index is 5.25. The molecule has 0 aliphatic rings. The molecule has 17 nitrogen and oxygen atoms in total. The van der Waals surface area contributed by atoms with Crippen molar-refractivity contribution in [1.82, 2.24) is 0 Å². The van der Waals surface area contributed by atoms with Crippen LogP contribution in [-0.2, 0) is 65.4 Å². The third-order valence-electron chi connectivity index (χ3n) is 18.7. The van der Waals surface area contributed by atoms with E-state index in [1.807, 2.05) is 0 Å². The molecule has 0 radical (unpaired) electrons. The van der Waals surface area contributed by atoms with Gasteiger partial charge < -0.3 is 33.8 Å². The fourth-order valence-electron chi connectivity index (χ4n) is 12.0. The van der Waals surface area contributed by atoms with E-state index in [2.05, 4.69) is 55.4 Å². The molecule has 0 aliphatic heterocycles. The predicted octanol–water partition coefficient (Wildman–Crippen LogP) is 23.2. The Labute approximate surface area is 600 Å². The minimum atomic E-state index is -4.96. The maximum atomic E-state index is 13.1. The van der Waals surface area contributed by atoms with Crippen molar-refractivity contribution in [3.63, 3.8) is 0 Å². The van der Waals surface area contributed by atoms with Gasteiger partial charge in [0.2, 0.25) is 0 Å². The Morgan fingerprint density at radius 2 is 0.490 bits per heavy atom. The second kappa shape index (κ2) is 68.2. The van der Waals surface area contributed by atoms with Crippen LogP contribution in [0, 0.1) is 23.7 Å². The van der Waals surface area contributed by atoms with Gasteiger partial charge in [0.25, 0.3) is 0 Å². The maximum Gasteiger partial charge on any atom is 0.472 e. The van der Waals surface area contributed by atoms with E-state index in [1.165, 1.54) is 199 Å². The standard InChI is InChI=1S/C79H154O17P2/c1-9-72(8)58-50-42-34-26-22-23-29-37-46-54-62-79(84)96-75(66-90-77(82)60-52-44-38-30-33-41-49-57-71(6)7)68-94-98(87,88)92-64-73(80)63-91-97(85,86)93-67-74(95-78(83)61-53-45-36-28-21-17-13-15-19-25-32-40-48-56-70(4)5)65-89-76(81)59-51-43-35-27-20-16-12-10-11-14-18-24-31-39-47-55-69(2)3/h69-75,80H,9-68H2,1-8H3,(H,85,86)(H,87,88)/t72?,73?,74-,75-/m1/s1. The lowest BCUT2D eigenvalue weighted by atomic mass is 9.99. The molecule has 0 rings (SSSR count). The minimum absolute atomic E-state index is 0.105. The van der Waals surface area contributed by atoms with Gasteiger partial charge in [-0.1, -0.05) is 351 Å². The number of phosphoric acid groups is 2. The van der Waals surface area contributed by atoms with Crippen LogP contribution >= 0.6 is 15.6 Å². The van der Waals surface area contributed by atoms with Crippen LogP contribution < -0.4 is 0 Å². The number of aliphatic hydroxyl groups excluding tert-OH is 1. The lowest BCUT2D eigenvalue weighted by molar-refractivity contribution is -0.161. The molecule has 6 atom stereocenters. The van der Waals surface area contributed by atoms with Gasteiger partial charge in [0, 0.05) is 25.7 Å². The molecule has 582 valence electrons. The number of carbonyl (C=O) groups excluding carboxylic acids is 4. The normalized spacial score (nSPS) is 14.3. The van der Waals surface area contributed by atoms with E-state index < -0.39 is 97.5 Å². The monoisotopic (exact) mass is 1440 g/mol. The number of carbonyl (C=O) groups is 4. The number of unbranched alkanes of at least 4 members (excludes halogenated alkanes) is 41. The molecule has 19 heteroatoms. The van der Waals surface area contributed by atoms with E-state index in [0.717, 1.165) is 114 Å². The van der Waals surface area contributed by atoms with Crippen molar-refractivity contribution in [2.24, 2.45) is 23.7 Å². The molecule has 0 fully saturated rings. The summed E-state index contributed by atoms with van der Waals surface area (Å²) in [6.07, 6.45) is 54.1. The van der Waals surface area contributed by atoms with Gasteiger partial charge in [0.15, 0.2) is 12.2 Å². The van der Waals surface area contributed by atoms with Crippen LogP contribution in [0.15, 0.2) is 0 Å². The van der Waals surface area contributed by atoms with E-state index in [1.54, 1.807) is 0 Å². The smallest absolute Gasteiger partial charge is 0.462 e. The van der Waals surface area contributed by atoms with Gasteiger partial charge in [-0.3, -0.25) is 37.3 Å². The van der Waals surface area contributed by atoms with E-state index in [-0.39, 0.29) is 25.7 Å². The SMILES string of the molecule is CCC(C)CCCCCCCCCCCCC(=O)O[C@H](COC(=O)CCCCCCCCCC(C)C)COP(=O)(O)OCC(O)COP(=O)(O)OC[C@@H](COC(=O)CCCCCCCCCCCCCCCCCC(C)C)OC(=O)CCCCCCCCCCCCCCCC(C)C. The summed E-state index contributed by atoms with van der Waals surface area (Å²) in [4.78, 5) is 72.9. The number of aliphatic hydroxyl groups is 1. The van der Waals surface area contributed by atoms with Crippen molar-refractivity contribution >= 4 is 39.5 Å². The summed E-state index contributed by atoms with van der Waals surface area (Å²) in [5.41, 5.74) is 0. The van der Waals surface area contributed by atoms with Crippen molar-refractivity contribution in [2.75, 3.05) is 39.6 Å². The summed E-state index contributed by atoms with van der Waals surface area (Å²) >= 11 is 0. The molecule has 0 aromatic rings. The third-order valence-corrected chi connectivity index (χ3v) is 20.6. The van der Waals surface area contributed by atoms with E-state index in [0.29, 0.717) is 31.6 Å². The van der Waals surface area contributed by atoms with Crippen molar-refractivity contribution < 1.29 is 80.2 Å². The molecular weight excluding hydrogens is 1280 g/mol. The van der Waals surface area contributed by atoms with Crippen LogP contribution in [0.5, 0.6) is 0 Å². The maximum absolute atomic E-state index is 13.1. The molecule has 0 aromatic heterocycles. The number of hydrogen-bond donors (Lipinski definition) is 3. The van der Waals surface area contributed by atoms with E-state index >= 15 is 0 Å². The van der Waals surface area contributed by atoms with Gasteiger partial charge in [-0.2, -0.15) is 0 Å². The fraction of sp³-hybridized carbons (Fsp3) is 0.949. The van der Waals surface area contributed by atoms with Crippen LogP contribution in [0.25, 0.3) is 0 Å². The molecule has 0 bridgehead atoms. The van der Waals surface area contributed by atoms with Gasteiger partial charge in [-0.25, -0.2) is 9.13 Å². The second-order valence-corrected chi connectivity index (χ2v) is 33.0. The first kappa shape index (κ1) is 96.1. The molecule has 4 unspecified atom stereocenters. The molecule has 0 aliphatic carbocycles. The Kier molecular flexibility index (Phi) is 66.8. The highest BCUT2D eigenvalue weighted by Crippen LogP contribution is 2.45. The zero-order valence-electron chi connectivity index (χ0n) is 64.4. The highest BCUT2D eigenvalue weighted by molar-refractivity contribution is 7.47. The first-order valence-corrected chi connectivity index (χ1v) is 43.7. The molecule has 0 spiro atoms. The van der Waals surface area contributed by atoms with Gasteiger partial charge in [-0.15, -0.1) is 0 Å². The van der Waals surface area contributed by atoms with Gasteiger partial charge in [-0.05, 0) is 49.4 Å². The van der Waals surface area contributed by atoms with E-state index in [9.17, 15) is 43.2 Å². The van der Waals surface area contributed by atoms with Crippen molar-refractivity contribution in [3.8, 4) is 0 Å². The van der Waals surface area contributed by atoms with Crippen molar-refractivity contribution in [1.29, 1.82) is 0 Å². The van der Waals surface area contributed by atoms with Crippen LogP contribution in [0.2, 0.25) is 0 Å². The number of esters is 4. The summed E-state index contributed by atoms with van der Waals surface area (Å²) in [5, 5.41) is 10.6. The second-order valence-electron chi connectivity index (χ2n) is 30.1. The van der Waals surface area contributed by atoms with Crippen LogP contribution in [0.3, 0.4) is 0 Å². The Morgan fingerprint density at radius 3 is 0.724 bits per heavy atom. The first-order valence-electron chi connectivity index (χ1n) is 40.7. The molecule has 0 aromatic carbocycles. The molecule has 0 heterocycles.